The third-order valence-corrected chi connectivity index (χ3v) is 4.01. The Bertz CT molecular complexity index is 1030. The second-order valence-electron chi connectivity index (χ2n) is 5.75. The first-order valence-electron chi connectivity index (χ1n) is 8.17. The molecule has 0 atom stereocenters. The van der Waals surface area contributed by atoms with Crippen molar-refractivity contribution in [3.63, 3.8) is 0 Å². The zero-order chi connectivity index (χ0) is 19.2. The van der Waals surface area contributed by atoms with Crippen molar-refractivity contribution >= 4 is 5.69 Å². The number of methoxy groups -OCH3 is 1. The molecule has 6 nitrogen and oxygen atoms in total. The van der Waals surface area contributed by atoms with Crippen molar-refractivity contribution in [1.82, 2.24) is 10.2 Å². The summed E-state index contributed by atoms with van der Waals surface area (Å²) in [6, 6.07) is 16.5. The number of benzene rings is 2. The van der Waals surface area contributed by atoms with E-state index in [1.54, 1.807) is 38.3 Å². The van der Waals surface area contributed by atoms with E-state index in [1.165, 1.54) is 0 Å². The van der Waals surface area contributed by atoms with Gasteiger partial charge in [0, 0.05) is 5.56 Å². The SMILES string of the molecule is [C-]#[N+]c1c(C)nnc(-c2ccc(C#N)cc2)c1OCc1ccc(OC)cc1. The fourth-order valence-corrected chi connectivity index (χ4v) is 2.53. The number of hydrogen-bond acceptors (Lipinski definition) is 5. The highest BCUT2D eigenvalue weighted by atomic mass is 16.5. The molecule has 1 aromatic heterocycles. The molecule has 1 heterocycles. The molecule has 6 heteroatoms. The van der Waals surface area contributed by atoms with Crippen LogP contribution in [0.25, 0.3) is 16.1 Å². The van der Waals surface area contributed by atoms with Crippen LogP contribution in [0.1, 0.15) is 16.8 Å². The van der Waals surface area contributed by atoms with Crippen LogP contribution in [0.5, 0.6) is 11.5 Å². The van der Waals surface area contributed by atoms with Crippen molar-refractivity contribution < 1.29 is 9.47 Å². The average molecular weight is 356 g/mol. The highest BCUT2D eigenvalue weighted by Gasteiger charge is 2.18. The monoisotopic (exact) mass is 356 g/mol. The summed E-state index contributed by atoms with van der Waals surface area (Å²) < 4.78 is 11.1. The van der Waals surface area contributed by atoms with Gasteiger partial charge in [0.25, 0.3) is 5.69 Å². The molecular weight excluding hydrogens is 340 g/mol. The first-order valence-corrected chi connectivity index (χ1v) is 8.17. The summed E-state index contributed by atoms with van der Waals surface area (Å²) in [5, 5.41) is 17.3. The molecule has 3 aromatic rings. The first-order chi connectivity index (χ1) is 13.2. The van der Waals surface area contributed by atoms with Crippen LogP contribution in [0.3, 0.4) is 0 Å². The Morgan fingerprint density at radius 3 is 2.37 bits per heavy atom. The molecule has 0 fully saturated rings. The standard InChI is InChI=1S/C21H16N4O2/c1-14-19(23-2)21(27-13-16-6-10-18(26-3)11-7-16)20(25-24-14)17-8-4-15(12-22)5-9-17/h4-11H,13H2,1,3H3. The molecule has 0 spiro atoms. The van der Waals surface area contributed by atoms with Crippen LogP contribution in [0.4, 0.5) is 5.69 Å². The molecule has 0 amide bonds. The van der Waals surface area contributed by atoms with Crippen LogP contribution in [0.15, 0.2) is 48.5 Å². The predicted molar refractivity (Wildman–Crippen MR) is 101 cm³/mol. The van der Waals surface area contributed by atoms with Crippen LogP contribution in [0.2, 0.25) is 0 Å². The molecule has 0 saturated carbocycles. The van der Waals surface area contributed by atoms with Gasteiger partial charge in [-0.25, -0.2) is 4.85 Å². The summed E-state index contributed by atoms with van der Waals surface area (Å²) in [4.78, 5) is 3.58. The maximum Gasteiger partial charge on any atom is 0.252 e. The molecule has 0 N–H and O–H groups in total. The summed E-state index contributed by atoms with van der Waals surface area (Å²) in [6.45, 7) is 9.51. The summed E-state index contributed by atoms with van der Waals surface area (Å²) >= 11 is 0. The molecular formula is C21H16N4O2. The average Bonchev–Trinajstić information content (AvgIpc) is 2.72. The molecule has 0 radical (unpaired) electrons. The molecule has 132 valence electrons. The Balaban J connectivity index is 1.97. The topological polar surface area (TPSA) is 72.4 Å². The zero-order valence-corrected chi connectivity index (χ0v) is 14.9. The van der Waals surface area contributed by atoms with E-state index in [-0.39, 0.29) is 6.61 Å². The number of rotatable bonds is 5. The molecule has 3 rings (SSSR count). The predicted octanol–water partition coefficient (Wildman–Crippen LogP) is 4.46. The van der Waals surface area contributed by atoms with Gasteiger partial charge in [-0.2, -0.15) is 10.4 Å². The summed E-state index contributed by atoms with van der Waals surface area (Å²) in [7, 11) is 1.61. The van der Waals surface area contributed by atoms with E-state index in [9.17, 15) is 0 Å². The molecule has 2 aromatic carbocycles. The lowest BCUT2D eigenvalue weighted by Crippen LogP contribution is -2.01. The van der Waals surface area contributed by atoms with Crippen molar-refractivity contribution in [3.8, 4) is 28.8 Å². The van der Waals surface area contributed by atoms with Gasteiger partial charge in [-0.05, 0) is 36.8 Å². The molecule has 0 aliphatic carbocycles. The smallest absolute Gasteiger partial charge is 0.252 e. The van der Waals surface area contributed by atoms with Crippen molar-refractivity contribution in [2.45, 2.75) is 13.5 Å². The lowest BCUT2D eigenvalue weighted by molar-refractivity contribution is 0.307. The highest BCUT2D eigenvalue weighted by Crippen LogP contribution is 2.38. The minimum atomic E-state index is 0.279. The molecule has 0 bridgehead atoms. The zero-order valence-electron chi connectivity index (χ0n) is 14.9. The second-order valence-corrected chi connectivity index (χ2v) is 5.75. The largest absolute Gasteiger partial charge is 0.498 e. The van der Waals surface area contributed by atoms with E-state index < -0.39 is 0 Å². The third-order valence-electron chi connectivity index (χ3n) is 4.01. The van der Waals surface area contributed by atoms with Crippen molar-refractivity contribution in [2.75, 3.05) is 7.11 Å². The first kappa shape index (κ1) is 17.9. The van der Waals surface area contributed by atoms with Crippen molar-refractivity contribution in [1.29, 1.82) is 5.26 Å². The summed E-state index contributed by atoms with van der Waals surface area (Å²) in [6.07, 6.45) is 0. The Morgan fingerprint density at radius 1 is 1.07 bits per heavy atom. The summed E-state index contributed by atoms with van der Waals surface area (Å²) in [5.74, 6) is 1.15. The number of ether oxygens (including phenoxy) is 2. The molecule has 0 aliphatic heterocycles. The number of hydrogen-bond donors (Lipinski definition) is 0. The lowest BCUT2D eigenvalue weighted by Gasteiger charge is -2.14. The highest BCUT2D eigenvalue weighted by molar-refractivity contribution is 5.76. The van der Waals surface area contributed by atoms with Gasteiger partial charge >= 0.3 is 0 Å². The van der Waals surface area contributed by atoms with Gasteiger partial charge < -0.3 is 9.47 Å². The van der Waals surface area contributed by atoms with Crippen molar-refractivity contribution in [2.24, 2.45) is 0 Å². The van der Waals surface area contributed by atoms with Gasteiger partial charge in [0.2, 0.25) is 0 Å². The fourth-order valence-electron chi connectivity index (χ4n) is 2.53. The van der Waals surface area contributed by atoms with Gasteiger partial charge in [0.05, 0.1) is 31.0 Å². The molecule has 27 heavy (non-hydrogen) atoms. The van der Waals surface area contributed by atoms with Crippen LogP contribution >= 0.6 is 0 Å². The van der Waals surface area contributed by atoms with Crippen LogP contribution in [0, 0.1) is 24.8 Å². The van der Waals surface area contributed by atoms with E-state index in [0.29, 0.717) is 28.4 Å². The Kier molecular flexibility index (Phi) is 5.30. The normalized spacial score (nSPS) is 9.93. The van der Waals surface area contributed by atoms with Gasteiger partial charge in [0.15, 0.2) is 5.75 Å². The maximum atomic E-state index is 8.97. The lowest BCUT2D eigenvalue weighted by atomic mass is 10.1. The number of aryl methyl sites for hydroxylation is 1. The number of nitrogens with zero attached hydrogens (tertiary/aromatic N) is 4. The molecule has 0 saturated heterocycles. The Hall–Kier alpha value is -3.90. The maximum absolute atomic E-state index is 8.97. The Morgan fingerprint density at radius 2 is 1.78 bits per heavy atom. The van der Waals surface area contributed by atoms with Crippen LogP contribution in [-0.2, 0) is 6.61 Å². The van der Waals surface area contributed by atoms with Crippen molar-refractivity contribution in [3.05, 3.63) is 76.8 Å². The molecule has 0 aliphatic rings. The van der Waals surface area contributed by atoms with E-state index in [4.69, 9.17) is 21.3 Å². The second kappa shape index (κ2) is 7.99. The quantitative estimate of drug-likeness (QED) is 0.631. The van der Waals surface area contributed by atoms with Crippen LogP contribution < -0.4 is 9.47 Å². The van der Waals surface area contributed by atoms with E-state index in [0.717, 1.165) is 16.9 Å². The van der Waals surface area contributed by atoms with E-state index >= 15 is 0 Å². The van der Waals surface area contributed by atoms with E-state index in [2.05, 4.69) is 21.1 Å². The van der Waals surface area contributed by atoms with Gasteiger partial charge in [-0.15, -0.1) is 5.10 Å². The van der Waals surface area contributed by atoms with Gasteiger partial charge in [0.1, 0.15) is 18.1 Å². The number of aromatic nitrogens is 2. The van der Waals surface area contributed by atoms with E-state index in [1.807, 2.05) is 24.3 Å². The Labute approximate surface area is 157 Å². The van der Waals surface area contributed by atoms with Crippen LogP contribution in [-0.4, -0.2) is 17.3 Å². The number of nitriles is 1. The van der Waals surface area contributed by atoms with Gasteiger partial charge in [-0.3, -0.25) is 0 Å². The minimum Gasteiger partial charge on any atom is -0.498 e. The third kappa shape index (κ3) is 3.86. The fraction of sp³-hybridized carbons (Fsp3) is 0.143. The minimum absolute atomic E-state index is 0.279. The van der Waals surface area contributed by atoms with Gasteiger partial charge in [-0.1, -0.05) is 24.3 Å². The summed E-state index contributed by atoms with van der Waals surface area (Å²) in [5.41, 5.74) is 3.53. The molecule has 0 unspecified atom stereocenters.